The largest absolute Gasteiger partial charge is 0.444 e. The molecule has 0 radical (unpaired) electrons. The van der Waals surface area contributed by atoms with E-state index in [9.17, 15) is 9.90 Å². The predicted molar refractivity (Wildman–Crippen MR) is 62.2 cm³/mol. The van der Waals surface area contributed by atoms with Gasteiger partial charge in [-0.1, -0.05) is 6.42 Å². The van der Waals surface area contributed by atoms with Crippen molar-refractivity contribution in [1.82, 2.24) is 5.32 Å². The molecular formula is C12H23NO3. The van der Waals surface area contributed by atoms with E-state index >= 15 is 0 Å². The van der Waals surface area contributed by atoms with Crippen molar-refractivity contribution in [3.8, 4) is 0 Å². The molecule has 1 saturated carbocycles. The molecule has 16 heavy (non-hydrogen) atoms. The maximum absolute atomic E-state index is 11.3. The summed E-state index contributed by atoms with van der Waals surface area (Å²) in [4.78, 5) is 11.3. The van der Waals surface area contributed by atoms with Gasteiger partial charge in [0.25, 0.3) is 0 Å². The highest BCUT2D eigenvalue weighted by molar-refractivity contribution is 5.67. The third-order valence-corrected chi connectivity index (χ3v) is 2.80. The first-order valence-corrected chi connectivity index (χ1v) is 6.03. The number of carbonyl (C=O) groups excluding carboxylic acids is 1. The number of aliphatic hydroxyl groups excluding tert-OH is 1. The Morgan fingerprint density at radius 3 is 2.56 bits per heavy atom. The Morgan fingerprint density at radius 2 is 2.12 bits per heavy atom. The highest BCUT2D eigenvalue weighted by atomic mass is 16.6. The first-order valence-electron chi connectivity index (χ1n) is 6.03. The van der Waals surface area contributed by atoms with E-state index in [1.807, 2.05) is 20.8 Å². The lowest BCUT2D eigenvalue weighted by atomic mass is 9.80. The van der Waals surface area contributed by atoms with Gasteiger partial charge in [0, 0.05) is 6.54 Å². The highest BCUT2D eigenvalue weighted by Crippen LogP contribution is 2.30. The molecule has 0 aromatic carbocycles. The molecule has 0 heterocycles. The zero-order valence-corrected chi connectivity index (χ0v) is 10.5. The van der Waals surface area contributed by atoms with Gasteiger partial charge >= 0.3 is 6.09 Å². The van der Waals surface area contributed by atoms with Gasteiger partial charge in [-0.15, -0.1) is 0 Å². The number of hydrogen-bond acceptors (Lipinski definition) is 3. The Bertz CT molecular complexity index is 231. The summed E-state index contributed by atoms with van der Waals surface area (Å²) in [5.74, 6) is 0.445. The van der Waals surface area contributed by atoms with Crippen molar-refractivity contribution in [1.29, 1.82) is 0 Å². The second-order valence-corrected chi connectivity index (χ2v) is 5.48. The SMILES string of the molecule is CC(C)(C)OC(=O)NCC[C@H](O)C1CCC1. The third-order valence-electron chi connectivity index (χ3n) is 2.80. The Labute approximate surface area is 97.4 Å². The van der Waals surface area contributed by atoms with Gasteiger partial charge in [0.1, 0.15) is 5.60 Å². The standard InChI is InChI=1S/C12H23NO3/c1-12(2,3)16-11(15)13-8-7-10(14)9-5-4-6-9/h9-10,14H,4-8H2,1-3H3,(H,13,15)/t10-/m0/s1. The zero-order valence-electron chi connectivity index (χ0n) is 10.5. The molecule has 0 saturated heterocycles. The van der Waals surface area contributed by atoms with Crippen LogP contribution in [0.25, 0.3) is 0 Å². The van der Waals surface area contributed by atoms with Gasteiger partial charge in [0.2, 0.25) is 0 Å². The van der Waals surface area contributed by atoms with Crippen LogP contribution >= 0.6 is 0 Å². The fraction of sp³-hybridized carbons (Fsp3) is 0.917. The summed E-state index contributed by atoms with van der Waals surface area (Å²) in [7, 11) is 0. The Balaban J connectivity index is 2.08. The molecule has 0 aromatic heterocycles. The molecule has 1 amide bonds. The van der Waals surface area contributed by atoms with Crippen LogP contribution in [-0.4, -0.2) is 29.4 Å². The van der Waals surface area contributed by atoms with E-state index in [2.05, 4.69) is 5.32 Å². The van der Waals surface area contributed by atoms with Crippen LogP contribution in [0.4, 0.5) is 4.79 Å². The van der Waals surface area contributed by atoms with Gasteiger partial charge in [0.15, 0.2) is 0 Å². The van der Waals surface area contributed by atoms with Crippen LogP contribution in [0.15, 0.2) is 0 Å². The van der Waals surface area contributed by atoms with Gasteiger partial charge in [-0.25, -0.2) is 4.79 Å². The molecule has 1 aliphatic rings. The van der Waals surface area contributed by atoms with Crippen LogP contribution in [0.1, 0.15) is 46.5 Å². The highest BCUT2D eigenvalue weighted by Gasteiger charge is 2.25. The van der Waals surface area contributed by atoms with E-state index in [0.717, 1.165) is 12.8 Å². The zero-order chi connectivity index (χ0) is 12.2. The van der Waals surface area contributed by atoms with E-state index in [-0.39, 0.29) is 6.10 Å². The molecule has 1 fully saturated rings. The predicted octanol–water partition coefficient (Wildman–Crippen LogP) is 2.06. The second kappa shape index (κ2) is 5.53. The molecule has 0 aliphatic heterocycles. The third kappa shape index (κ3) is 4.84. The smallest absolute Gasteiger partial charge is 0.407 e. The molecule has 1 rings (SSSR count). The van der Waals surface area contributed by atoms with Crippen molar-refractivity contribution in [3.63, 3.8) is 0 Å². The van der Waals surface area contributed by atoms with Gasteiger partial charge in [-0.2, -0.15) is 0 Å². The lowest BCUT2D eigenvalue weighted by Crippen LogP contribution is -2.35. The number of amides is 1. The molecule has 1 atom stereocenters. The van der Waals surface area contributed by atoms with Crippen molar-refractivity contribution in [2.45, 2.75) is 58.2 Å². The maximum Gasteiger partial charge on any atom is 0.407 e. The van der Waals surface area contributed by atoms with Crippen molar-refractivity contribution in [2.75, 3.05) is 6.54 Å². The fourth-order valence-electron chi connectivity index (χ4n) is 1.70. The number of carbonyl (C=O) groups is 1. The van der Waals surface area contributed by atoms with E-state index in [1.165, 1.54) is 6.42 Å². The summed E-state index contributed by atoms with van der Waals surface area (Å²) in [6, 6.07) is 0. The molecule has 2 N–H and O–H groups in total. The van der Waals surface area contributed by atoms with Crippen molar-refractivity contribution >= 4 is 6.09 Å². The van der Waals surface area contributed by atoms with Gasteiger partial charge in [0.05, 0.1) is 6.10 Å². The Morgan fingerprint density at radius 1 is 1.50 bits per heavy atom. The molecule has 0 aromatic rings. The van der Waals surface area contributed by atoms with E-state index < -0.39 is 11.7 Å². The van der Waals surface area contributed by atoms with Crippen molar-refractivity contribution in [2.24, 2.45) is 5.92 Å². The number of hydrogen-bond donors (Lipinski definition) is 2. The minimum atomic E-state index is -0.462. The molecule has 4 heteroatoms. The van der Waals surface area contributed by atoms with Crippen LogP contribution < -0.4 is 5.32 Å². The van der Waals surface area contributed by atoms with E-state index in [1.54, 1.807) is 0 Å². The Kier molecular flexibility index (Phi) is 4.59. The molecule has 94 valence electrons. The summed E-state index contributed by atoms with van der Waals surface area (Å²) < 4.78 is 5.09. The van der Waals surface area contributed by atoms with Gasteiger partial charge in [-0.05, 0) is 46.0 Å². The average molecular weight is 229 g/mol. The topological polar surface area (TPSA) is 58.6 Å². The lowest BCUT2D eigenvalue weighted by molar-refractivity contribution is 0.0443. The summed E-state index contributed by atoms with van der Waals surface area (Å²) in [6.45, 7) is 5.97. The second-order valence-electron chi connectivity index (χ2n) is 5.48. The van der Waals surface area contributed by atoms with E-state index in [0.29, 0.717) is 18.9 Å². The molecule has 0 bridgehead atoms. The van der Waals surface area contributed by atoms with Crippen LogP contribution in [0.2, 0.25) is 0 Å². The number of ether oxygens (including phenoxy) is 1. The van der Waals surface area contributed by atoms with E-state index in [4.69, 9.17) is 4.74 Å². The van der Waals surface area contributed by atoms with Gasteiger partial charge in [-0.3, -0.25) is 0 Å². The summed E-state index contributed by atoms with van der Waals surface area (Å²) in [5, 5.41) is 12.4. The number of rotatable bonds is 4. The molecule has 0 unspecified atom stereocenters. The average Bonchev–Trinajstić information content (AvgIpc) is 1.96. The van der Waals surface area contributed by atoms with Crippen LogP contribution in [-0.2, 0) is 4.74 Å². The van der Waals surface area contributed by atoms with Crippen molar-refractivity contribution < 1.29 is 14.6 Å². The summed E-state index contributed by atoms with van der Waals surface area (Å²) >= 11 is 0. The summed E-state index contributed by atoms with van der Waals surface area (Å²) in [6.07, 6.45) is 3.39. The minimum Gasteiger partial charge on any atom is -0.444 e. The molecule has 1 aliphatic carbocycles. The number of alkyl carbamates (subject to hydrolysis) is 1. The first kappa shape index (κ1) is 13.3. The first-order chi connectivity index (χ1) is 7.38. The summed E-state index contributed by atoms with van der Waals surface area (Å²) in [5.41, 5.74) is -0.462. The molecule has 4 nitrogen and oxygen atoms in total. The van der Waals surface area contributed by atoms with Crippen molar-refractivity contribution in [3.05, 3.63) is 0 Å². The molecular weight excluding hydrogens is 206 g/mol. The maximum atomic E-state index is 11.3. The molecule has 0 spiro atoms. The normalized spacial score (nSPS) is 18.8. The lowest BCUT2D eigenvalue weighted by Gasteiger charge is -2.30. The van der Waals surface area contributed by atoms with Gasteiger partial charge < -0.3 is 15.2 Å². The Hall–Kier alpha value is -0.770. The minimum absolute atomic E-state index is 0.274. The fourth-order valence-corrected chi connectivity index (χ4v) is 1.70. The van der Waals surface area contributed by atoms with Crippen LogP contribution in [0, 0.1) is 5.92 Å². The quantitative estimate of drug-likeness (QED) is 0.775. The number of nitrogens with one attached hydrogen (secondary N) is 1. The number of aliphatic hydroxyl groups is 1. The monoisotopic (exact) mass is 229 g/mol. The van der Waals surface area contributed by atoms with Crippen LogP contribution in [0.5, 0.6) is 0 Å². The van der Waals surface area contributed by atoms with Crippen LogP contribution in [0.3, 0.4) is 0 Å².